The van der Waals surface area contributed by atoms with Crippen LogP contribution in [0.15, 0.2) is 24.3 Å². The van der Waals surface area contributed by atoms with E-state index in [0.29, 0.717) is 17.5 Å². The van der Waals surface area contributed by atoms with E-state index in [1.54, 1.807) is 14.2 Å². The Balaban J connectivity index is 1.72. The van der Waals surface area contributed by atoms with Crippen LogP contribution in [0.2, 0.25) is 0 Å². The summed E-state index contributed by atoms with van der Waals surface area (Å²) < 4.78 is 12.9. The second kappa shape index (κ2) is 7.85. The molecule has 2 aromatic rings. The topological polar surface area (TPSA) is 52.5 Å². The van der Waals surface area contributed by atoms with Crippen molar-refractivity contribution in [2.24, 2.45) is 0 Å². The lowest BCUT2D eigenvalue weighted by molar-refractivity contribution is 0.101. The van der Waals surface area contributed by atoms with Crippen LogP contribution >= 0.6 is 0 Å². The van der Waals surface area contributed by atoms with Gasteiger partial charge in [0.25, 0.3) is 0 Å². The van der Waals surface area contributed by atoms with Crippen molar-refractivity contribution in [3.63, 3.8) is 0 Å². The van der Waals surface area contributed by atoms with Crippen molar-refractivity contribution in [2.45, 2.75) is 45.6 Å². The fourth-order valence-corrected chi connectivity index (χ4v) is 4.01. The van der Waals surface area contributed by atoms with Crippen molar-refractivity contribution in [1.29, 1.82) is 0 Å². The molecule has 5 heteroatoms. The summed E-state index contributed by atoms with van der Waals surface area (Å²) in [5.74, 6) is 1.42. The standard InChI is InChI=1S/C21H28N2O3/c1-14-11-18(15(2)23(14)17-7-5-6-8-17)19(24)13-22-16-9-10-20(25-3)21(12-16)26-4/h9-12,17,22H,5-8,13H2,1-4H3. The van der Waals surface area contributed by atoms with E-state index in [1.807, 2.05) is 24.3 Å². The third-order valence-corrected chi connectivity index (χ3v) is 5.31. The number of carbonyl (C=O) groups excluding carboxylic acids is 1. The van der Waals surface area contributed by atoms with Crippen LogP contribution in [-0.4, -0.2) is 31.1 Å². The van der Waals surface area contributed by atoms with Crippen molar-refractivity contribution >= 4 is 11.5 Å². The van der Waals surface area contributed by atoms with Gasteiger partial charge in [-0.25, -0.2) is 0 Å². The lowest BCUT2D eigenvalue weighted by atomic mass is 10.1. The monoisotopic (exact) mass is 356 g/mol. The highest BCUT2D eigenvalue weighted by Gasteiger charge is 2.23. The number of anilines is 1. The minimum atomic E-state index is 0.108. The van der Waals surface area contributed by atoms with Gasteiger partial charge in [-0.2, -0.15) is 0 Å². The predicted molar refractivity (Wildman–Crippen MR) is 104 cm³/mol. The van der Waals surface area contributed by atoms with Crippen LogP contribution in [0.4, 0.5) is 5.69 Å². The van der Waals surface area contributed by atoms with Crippen LogP contribution in [0, 0.1) is 13.8 Å². The molecule has 0 spiro atoms. The van der Waals surface area contributed by atoms with Crippen molar-refractivity contribution < 1.29 is 14.3 Å². The third kappa shape index (κ3) is 3.57. The number of hydrogen-bond donors (Lipinski definition) is 1. The molecule has 3 rings (SSSR count). The Hall–Kier alpha value is -2.43. The molecular formula is C21H28N2O3. The molecule has 5 nitrogen and oxygen atoms in total. The highest BCUT2D eigenvalue weighted by atomic mass is 16.5. The second-order valence-corrected chi connectivity index (χ2v) is 6.94. The summed E-state index contributed by atoms with van der Waals surface area (Å²) in [5.41, 5.74) is 3.93. The van der Waals surface area contributed by atoms with E-state index in [4.69, 9.17) is 9.47 Å². The molecule has 1 heterocycles. The van der Waals surface area contributed by atoms with Crippen LogP contribution in [0.5, 0.6) is 11.5 Å². The van der Waals surface area contributed by atoms with E-state index in [0.717, 1.165) is 16.9 Å². The van der Waals surface area contributed by atoms with Gasteiger partial charge < -0.3 is 19.4 Å². The highest BCUT2D eigenvalue weighted by Crippen LogP contribution is 2.33. The SMILES string of the molecule is COc1ccc(NCC(=O)c2cc(C)n(C3CCCC3)c2C)cc1OC. The second-order valence-electron chi connectivity index (χ2n) is 6.94. The fourth-order valence-electron chi connectivity index (χ4n) is 4.01. The Labute approximate surface area is 155 Å². The molecular weight excluding hydrogens is 328 g/mol. The van der Waals surface area contributed by atoms with Crippen molar-refractivity contribution in [1.82, 2.24) is 4.57 Å². The first-order valence-corrected chi connectivity index (χ1v) is 9.22. The number of carbonyl (C=O) groups is 1. The third-order valence-electron chi connectivity index (χ3n) is 5.31. The number of nitrogens with one attached hydrogen (secondary N) is 1. The van der Waals surface area contributed by atoms with Gasteiger partial charge in [0, 0.05) is 34.7 Å². The lowest BCUT2D eigenvalue weighted by Crippen LogP contribution is -2.15. The number of ether oxygens (including phenoxy) is 2. The molecule has 1 N–H and O–H groups in total. The smallest absolute Gasteiger partial charge is 0.183 e. The van der Waals surface area contributed by atoms with Gasteiger partial charge in [-0.15, -0.1) is 0 Å². The van der Waals surface area contributed by atoms with Gasteiger partial charge in [-0.05, 0) is 44.9 Å². The van der Waals surface area contributed by atoms with Gasteiger partial charge in [0.2, 0.25) is 0 Å². The Bertz CT molecular complexity index is 789. The minimum Gasteiger partial charge on any atom is -0.493 e. The molecule has 1 fully saturated rings. The molecule has 0 bridgehead atoms. The minimum absolute atomic E-state index is 0.108. The number of Topliss-reactive ketones (excluding diaryl/α,β-unsaturated/α-hetero) is 1. The Morgan fingerprint density at radius 2 is 1.81 bits per heavy atom. The lowest BCUT2D eigenvalue weighted by Gasteiger charge is -2.17. The van der Waals surface area contributed by atoms with Gasteiger partial charge in [-0.1, -0.05) is 12.8 Å². The number of aryl methyl sites for hydroxylation is 1. The van der Waals surface area contributed by atoms with Crippen LogP contribution in [-0.2, 0) is 0 Å². The zero-order chi connectivity index (χ0) is 18.7. The van der Waals surface area contributed by atoms with E-state index in [-0.39, 0.29) is 12.3 Å². The molecule has 0 atom stereocenters. The average Bonchev–Trinajstić information content (AvgIpc) is 3.27. The van der Waals surface area contributed by atoms with Crippen LogP contribution < -0.4 is 14.8 Å². The van der Waals surface area contributed by atoms with Gasteiger partial charge >= 0.3 is 0 Å². The zero-order valence-corrected chi connectivity index (χ0v) is 16.1. The Kier molecular flexibility index (Phi) is 5.55. The molecule has 1 aromatic heterocycles. The summed E-state index contributed by atoms with van der Waals surface area (Å²) >= 11 is 0. The maximum Gasteiger partial charge on any atom is 0.183 e. The van der Waals surface area contributed by atoms with E-state index in [2.05, 4.69) is 23.7 Å². The summed E-state index contributed by atoms with van der Waals surface area (Å²) in [6, 6.07) is 8.14. The van der Waals surface area contributed by atoms with Crippen LogP contribution in [0.25, 0.3) is 0 Å². The molecule has 140 valence electrons. The predicted octanol–water partition coefficient (Wildman–Crippen LogP) is 4.53. The molecule has 1 aliphatic rings. The number of benzene rings is 1. The van der Waals surface area contributed by atoms with Gasteiger partial charge in [0.05, 0.1) is 20.8 Å². The van der Waals surface area contributed by atoms with Crippen molar-refractivity contribution in [3.8, 4) is 11.5 Å². The average molecular weight is 356 g/mol. The molecule has 0 aliphatic heterocycles. The molecule has 1 aliphatic carbocycles. The van der Waals surface area contributed by atoms with E-state index in [9.17, 15) is 4.79 Å². The van der Waals surface area contributed by atoms with Crippen molar-refractivity contribution in [2.75, 3.05) is 26.1 Å². The maximum atomic E-state index is 12.8. The first-order valence-electron chi connectivity index (χ1n) is 9.22. The van der Waals surface area contributed by atoms with E-state index >= 15 is 0 Å². The highest BCUT2D eigenvalue weighted by molar-refractivity contribution is 6.00. The molecule has 1 aromatic carbocycles. The molecule has 0 unspecified atom stereocenters. The summed E-state index contributed by atoms with van der Waals surface area (Å²) in [6.45, 7) is 4.42. The normalized spacial score (nSPS) is 14.5. The number of methoxy groups -OCH3 is 2. The molecule has 0 saturated heterocycles. The summed E-state index contributed by atoms with van der Waals surface area (Å²) in [5, 5.41) is 3.20. The quantitative estimate of drug-likeness (QED) is 0.741. The Morgan fingerprint density at radius 1 is 1.12 bits per heavy atom. The van der Waals surface area contributed by atoms with Gasteiger partial charge in [0.1, 0.15) is 0 Å². The number of hydrogen-bond acceptors (Lipinski definition) is 4. The van der Waals surface area contributed by atoms with Crippen molar-refractivity contribution in [3.05, 3.63) is 41.2 Å². The van der Waals surface area contributed by atoms with E-state index < -0.39 is 0 Å². The number of nitrogens with zero attached hydrogens (tertiary/aromatic N) is 1. The molecule has 0 amide bonds. The van der Waals surface area contributed by atoms with Gasteiger partial charge in [0.15, 0.2) is 17.3 Å². The van der Waals surface area contributed by atoms with Gasteiger partial charge in [-0.3, -0.25) is 4.79 Å². The molecule has 1 saturated carbocycles. The fraction of sp³-hybridized carbons (Fsp3) is 0.476. The number of rotatable bonds is 7. The molecule has 0 radical (unpaired) electrons. The van der Waals surface area contributed by atoms with Crippen LogP contribution in [0.3, 0.4) is 0 Å². The first kappa shape index (κ1) is 18.4. The first-order chi connectivity index (χ1) is 12.5. The maximum absolute atomic E-state index is 12.8. The number of ketones is 1. The summed E-state index contributed by atoms with van der Waals surface area (Å²) in [6.07, 6.45) is 5.00. The summed E-state index contributed by atoms with van der Waals surface area (Å²) in [7, 11) is 3.21. The largest absolute Gasteiger partial charge is 0.493 e. The summed E-state index contributed by atoms with van der Waals surface area (Å²) in [4.78, 5) is 12.8. The Morgan fingerprint density at radius 3 is 2.46 bits per heavy atom. The number of aromatic nitrogens is 1. The van der Waals surface area contributed by atoms with E-state index in [1.165, 1.54) is 31.4 Å². The zero-order valence-electron chi connectivity index (χ0n) is 16.1. The van der Waals surface area contributed by atoms with Crippen LogP contribution in [0.1, 0.15) is 53.5 Å². The molecule has 26 heavy (non-hydrogen) atoms.